The number of benzene rings is 1. The molecule has 2 rings (SSSR count). The van der Waals surface area contributed by atoms with Crippen LogP contribution in [-0.4, -0.2) is 16.6 Å². The summed E-state index contributed by atoms with van der Waals surface area (Å²) in [6.07, 6.45) is 3.39. The zero-order valence-electron chi connectivity index (χ0n) is 13.4. The van der Waals surface area contributed by atoms with Crippen molar-refractivity contribution in [2.45, 2.75) is 51.5 Å². The van der Waals surface area contributed by atoms with Crippen molar-refractivity contribution in [3.63, 3.8) is 0 Å². The van der Waals surface area contributed by atoms with Gasteiger partial charge < -0.3 is 5.32 Å². The van der Waals surface area contributed by atoms with Crippen LogP contribution in [0.5, 0.6) is 0 Å². The molecule has 1 aromatic heterocycles. The maximum Gasteiger partial charge on any atom is 0.0857 e. The largest absolute Gasteiger partial charge is 0.312 e. The highest BCUT2D eigenvalue weighted by atomic mass is 32.1. The van der Waals surface area contributed by atoms with Gasteiger partial charge in [0.1, 0.15) is 0 Å². The minimum atomic E-state index is 0.0524. The fourth-order valence-electron chi connectivity index (χ4n) is 2.51. The molecule has 0 amide bonds. The average Bonchev–Trinajstić information content (AvgIpc) is 2.94. The Kier molecular flexibility index (Phi) is 5.48. The molecule has 1 atom stereocenters. The molecule has 1 heterocycles. The van der Waals surface area contributed by atoms with Crippen LogP contribution in [0.25, 0.3) is 0 Å². The van der Waals surface area contributed by atoms with Crippen molar-refractivity contribution in [3.05, 3.63) is 46.5 Å². The summed E-state index contributed by atoms with van der Waals surface area (Å²) in [5.41, 5.74) is 2.59. The monoisotopic (exact) mass is 303 g/mol. The molecule has 4 heteroatoms. The number of hydrogen-bond acceptors (Lipinski definition) is 4. The minimum absolute atomic E-state index is 0.0524. The maximum absolute atomic E-state index is 4.35. The van der Waals surface area contributed by atoms with Crippen LogP contribution >= 0.6 is 11.5 Å². The first-order valence-electron chi connectivity index (χ1n) is 7.56. The Morgan fingerprint density at radius 1 is 1.19 bits per heavy atom. The van der Waals surface area contributed by atoms with Crippen LogP contribution in [0.3, 0.4) is 0 Å². The number of nitrogens with zero attached hydrogens (tertiary/aromatic N) is 2. The van der Waals surface area contributed by atoms with Gasteiger partial charge in [-0.25, -0.2) is 0 Å². The van der Waals surface area contributed by atoms with Crippen molar-refractivity contribution in [1.82, 2.24) is 14.9 Å². The van der Waals surface area contributed by atoms with Crippen molar-refractivity contribution >= 4 is 11.5 Å². The second-order valence-corrected chi connectivity index (χ2v) is 7.24. The summed E-state index contributed by atoms with van der Waals surface area (Å²) in [7, 11) is 2.03. The summed E-state index contributed by atoms with van der Waals surface area (Å²) in [5, 5.41) is 7.78. The summed E-state index contributed by atoms with van der Waals surface area (Å²) in [6, 6.07) is 11.0. The highest BCUT2D eigenvalue weighted by molar-refractivity contribution is 7.05. The van der Waals surface area contributed by atoms with E-state index in [0.717, 1.165) is 25.0 Å². The van der Waals surface area contributed by atoms with Gasteiger partial charge in [0.25, 0.3) is 0 Å². The van der Waals surface area contributed by atoms with Gasteiger partial charge in [-0.2, -0.15) is 0 Å². The van der Waals surface area contributed by atoms with Gasteiger partial charge in [0.2, 0.25) is 0 Å². The Labute approximate surface area is 132 Å². The molecule has 2 aromatic rings. The van der Waals surface area contributed by atoms with E-state index in [0.29, 0.717) is 6.04 Å². The van der Waals surface area contributed by atoms with Gasteiger partial charge in [0, 0.05) is 11.5 Å². The van der Waals surface area contributed by atoms with Crippen LogP contribution in [0.4, 0.5) is 0 Å². The number of nitrogens with one attached hydrogen (secondary N) is 1. The minimum Gasteiger partial charge on any atom is -0.312 e. The second kappa shape index (κ2) is 7.14. The van der Waals surface area contributed by atoms with Crippen molar-refractivity contribution in [2.24, 2.45) is 0 Å². The number of rotatable bonds is 6. The van der Waals surface area contributed by atoms with Crippen LogP contribution in [-0.2, 0) is 11.8 Å². The highest BCUT2D eigenvalue weighted by Gasteiger charge is 2.26. The first kappa shape index (κ1) is 16.1. The van der Waals surface area contributed by atoms with E-state index >= 15 is 0 Å². The van der Waals surface area contributed by atoms with E-state index in [2.05, 4.69) is 66.0 Å². The van der Waals surface area contributed by atoms with Gasteiger partial charge in [-0.15, -0.1) is 5.10 Å². The van der Waals surface area contributed by atoms with Gasteiger partial charge in [0.15, 0.2) is 0 Å². The Hall–Kier alpha value is -1.26. The molecular weight excluding hydrogens is 278 g/mol. The first-order valence-corrected chi connectivity index (χ1v) is 8.33. The quantitative estimate of drug-likeness (QED) is 0.872. The molecular formula is C17H25N3S. The standard InChI is InChI=1S/C17H25N3S/c1-17(2,3)16-15(21-20-19-16)14(18-4)12-8-11-13-9-6-5-7-10-13/h5-7,9-10,14,18H,8,11-12H2,1-4H3. The van der Waals surface area contributed by atoms with Crippen molar-refractivity contribution in [3.8, 4) is 0 Å². The fraction of sp³-hybridized carbons (Fsp3) is 0.529. The van der Waals surface area contributed by atoms with E-state index in [1.165, 1.54) is 22.0 Å². The zero-order chi connectivity index (χ0) is 15.3. The maximum atomic E-state index is 4.35. The van der Waals surface area contributed by atoms with Crippen molar-refractivity contribution in [2.75, 3.05) is 7.05 Å². The lowest BCUT2D eigenvalue weighted by Crippen LogP contribution is -2.21. The van der Waals surface area contributed by atoms with Crippen LogP contribution in [0.1, 0.15) is 55.8 Å². The fourth-order valence-corrected chi connectivity index (χ4v) is 3.51. The van der Waals surface area contributed by atoms with Crippen LogP contribution < -0.4 is 5.32 Å². The van der Waals surface area contributed by atoms with Crippen molar-refractivity contribution < 1.29 is 0 Å². The van der Waals surface area contributed by atoms with Gasteiger partial charge >= 0.3 is 0 Å². The molecule has 0 aliphatic carbocycles. The second-order valence-electron chi connectivity index (χ2n) is 6.45. The molecule has 0 radical (unpaired) electrons. The topological polar surface area (TPSA) is 37.8 Å². The molecule has 1 unspecified atom stereocenters. The Morgan fingerprint density at radius 2 is 1.90 bits per heavy atom. The molecule has 0 saturated carbocycles. The van der Waals surface area contributed by atoms with E-state index in [4.69, 9.17) is 0 Å². The van der Waals surface area contributed by atoms with Gasteiger partial charge in [-0.05, 0) is 43.4 Å². The molecule has 0 bridgehead atoms. The van der Waals surface area contributed by atoms with E-state index in [1.807, 2.05) is 7.05 Å². The number of aryl methyl sites for hydroxylation is 1. The Morgan fingerprint density at radius 3 is 2.52 bits per heavy atom. The normalized spacial score (nSPS) is 13.3. The molecule has 0 saturated heterocycles. The molecule has 3 nitrogen and oxygen atoms in total. The third-order valence-corrected chi connectivity index (χ3v) is 4.53. The number of hydrogen-bond donors (Lipinski definition) is 1. The van der Waals surface area contributed by atoms with Crippen LogP contribution in [0.15, 0.2) is 30.3 Å². The predicted octanol–water partition coefficient (Wildman–Crippen LogP) is 4.12. The van der Waals surface area contributed by atoms with E-state index in [1.54, 1.807) is 0 Å². The summed E-state index contributed by atoms with van der Waals surface area (Å²) < 4.78 is 4.18. The molecule has 0 aliphatic heterocycles. The van der Waals surface area contributed by atoms with Crippen LogP contribution in [0, 0.1) is 0 Å². The summed E-state index contributed by atoms with van der Waals surface area (Å²) >= 11 is 1.53. The van der Waals surface area contributed by atoms with Gasteiger partial charge in [0.05, 0.1) is 10.6 Å². The summed E-state index contributed by atoms with van der Waals surface area (Å²) in [4.78, 5) is 1.29. The number of aromatic nitrogens is 2. The van der Waals surface area contributed by atoms with Gasteiger partial charge in [-0.3, -0.25) is 0 Å². The molecule has 0 aliphatic rings. The molecule has 1 N–H and O–H groups in total. The first-order chi connectivity index (χ1) is 10.0. The van der Waals surface area contributed by atoms with E-state index in [-0.39, 0.29) is 5.41 Å². The smallest absolute Gasteiger partial charge is 0.0857 e. The third kappa shape index (κ3) is 4.35. The van der Waals surface area contributed by atoms with Crippen molar-refractivity contribution in [1.29, 1.82) is 0 Å². The molecule has 21 heavy (non-hydrogen) atoms. The van der Waals surface area contributed by atoms with Crippen LogP contribution in [0.2, 0.25) is 0 Å². The highest BCUT2D eigenvalue weighted by Crippen LogP contribution is 2.32. The Bertz CT molecular complexity index is 543. The lowest BCUT2D eigenvalue weighted by molar-refractivity contribution is 0.502. The van der Waals surface area contributed by atoms with Gasteiger partial charge in [-0.1, -0.05) is 55.6 Å². The SMILES string of the molecule is CNC(CCCc1ccccc1)c1snnc1C(C)(C)C. The molecule has 114 valence electrons. The zero-order valence-corrected chi connectivity index (χ0v) is 14.2. The average molecular weight is 303 g/mol. The molecule has 1 aromatic carbocycles. The van der Waals surface area contributed by atoms with E-state index < -0.39 is 0 Å². The lowest BCUT2D eigenvalue weighted by atomic mass is 9.89. The molecule has 0 spiro atoms. The predicted molar refractivity (Wildman–Crippen MR) is 89.8 cm³/mol. The lowest BCUT2D eigenvalue weighted by Gasteiger charge is -2.21. The Balaban J connectivity index is 1.99. The third-order valence-electron chi connectivity index (χ3n) is 3.69. The summed E-state index contributed by atoms with van der Waals surface area (Å²) in [5.74, 6) is 0. The molecule has 0 fully saturated rings. The summed E-state index contributed by atoms with van der Waals surface area (Å²) in [6.45, 7) is 6.60. The van der Waals surface area contributed by atoms with E-state index in [9.17, 15) is 0 Å².